The van der Waals surface area contributed by atoms with E-state index in [1.807, 2.05) is 0 Å². The van der Waals surface area contributed by atoms with E-state index in [-0.39, 0.29) is 0 Å². The SMILES string of the molecule is CCCCCCCCCCCCc1n(C(C)C)cc[n+]1CCCCCCCCCCCC. The Balaban J connectivity index is 2.18. The van der Waals surface area contributed by atoms with Gasteiger partial charge in [0.25, 0.3) is 5.82 Å². The first kappa shape index (κ1) is 29.2. The van der Waals surface area contributed by atoms with Crippen LogP contribution in [-0.2, 0) is 13.0 Å². The highest BCUT2D eigenvalue weighted by atomic mass is 15.2. The normalized spacial score (nSPS) is 11.7. The molecule has 0 saturated carbocycles. The zero-order chi connectivity index (χ0) is 23.3. The maximum absolute atomic E-state index is 2.57. The van der Waals surface area contributed by atoms with Crippen LogP contribution < -0.4 is 4.57 Å². The van der Waals surface area contributed by atoms with Gasteiger partial charge in [0.2, 0.25) is 0 Å². The lowest BCUT2D eigenvalue weighted by Gasteiger charge is -2.08. The minimum absolute atomic E-state index is 0.571. The van der Waals surface area contributed by atoms with Crippen LogP contribution in [0.4, 0.5) is 0 Å². The van der Waals surface area contributed by atoms with Crippen molar-refractivity contribution < 1.29 is 4.57 Å². The number of nitrogens with zero attached hydrogens (tertiary/aromatic N) is 2. The lowest BCUT2D eigenvalue weighted by atomic mass is 10.1. The van der Waals surface area contributed by atoms with Crippen molar-refractivity contribution in [2.75, 3.05) is 0 Å². The Kier molecular flexibility index (Phi) is 19.0. The smallest absolute Gasteiger partial charge is 0.234 e. The van der Waals surface area contributed by atoms with Gasteiger partial charge in [-0.3, -0.25) is 0 Å². The van der Waals surface area contributed by atoms with E-state index in [0.29, 0.717) is 6.04 Å². The molecule has 0 amide bonds. The van der Waals surface area contributed by atoms with Crippen LogP contribution in [0.25, 0.3) is 0 Å². The monoisotopic (exact) mass is 447 g/mol. The quantitative estimate of drug-likeness (QED) is 0.117. The third kappa shape index (κ3) is 14.4. The van der Waals surface area contributed by atoms with Gasteiger partial charge in [0.1, 0.15) is 12.4 Å². The van der Waals surface area contributed by atoms with Crippen LogP contribution in [0.2, 0.25) is 0 Å². The summed E-state index contributed by atoms with van der Waals surface area (Å²) in [6.07, 6.45) is 34.3. The number of hydrogen-bond donors (Lipinski definition) is 0. The molecule has 0 N–H and O–H groups in total. The van der Waals surface area contributed by atoms with E-state index >= 15 is 0 Å². The first-order chi connectivity index (χ1) is 15.7. The second kappa shape index (κ2) is 20.8. The highest BCUT2D eigenvalue weighted by molar-refractivity contribution is 4.86. The van der Waals surface area contributed by atoms with E-state index in [2.05, 4.69) is 49.2 Å². The third-order valence-corrected chi connectivity index (χ3v) is 7.10. The molecule has 0 bridgehead atoms. The van der Waals surface area contributed by atoms with Crippen molar-refractivity contribution in [2.24, 2.45) is 0 Å². The van der Waals surface area contributed by atoms with Crippen LogP contribution in [0.3, 0.4) is 0 Å². The van der Waals surface area contributed by atoms with Crippen molar-refractivity contribution in [2.45, 2.75) is 175 Å². The zero-order valence-corrected chi connectivity index (χ0v) is 22.7. The van der Waals surface area contributed by atoms with Gasteiger partial charge < -0.3 is 0 Å². The first-order valence-corrected chi connectivity index (χ1v) is 14.8. The molecule has 0 fully saturated rings. The highest BCUT2D eigenvalue weighted by Crippen LogP contribution is 2.15. The van der Waals surface area contributed by atoms with Gasteiger partial charge in [-0.25, -0.2) is 9.13 Å². The predicted octanol–water partition coefficient (Wildman–Crippen LogP) is 9.74. The average molecular weight is 448 g/mol. The summed E-state index contributed by atoms with van der Waals surface area (Å²) in [7, 11) is 0. The van der Waals surface area contributed by atoms with Crippen molar-refractivity contribution in [1.29, 1.82) is 0 Å². The maximum Gasteiger partial charge on any atom is 0.256 e. The molecule has 2 heteroatoms. The van der Waals surface area contributed by atoms with Crippen molar-refractivity contribution in [3.8, 4) is 0 Å². The molecule has 1 aromatic rings. The van der Waals surface area contributed by atoms with Gasteiger partial charge in [-0.1, -0.05) is 123 Å². The predicted molar refractivity (Wildman–Crippen MR) is 142 cm³/mol. The molecule has 188 valence electrons. The first-order valence-electron chi connectivity index (χ1n) is 14.8. The molecular weight excluding hydrogens is 388 g/mol. The van der Waals surface area contributed by atoms with Gasteiger partial charge in [0.15, 0.2) is 0 Å². The molecule has 0 saturated heterocycles. The minimum Gasteiger partial charge on any atom is -0.234 e. The highest BCUT2D eigenvalue weighted by Gasteiger charge is 2.18. The van der Waals surface area contributed by atoms with Crippen molar-refractivity contribution >= 4 is 0 Å². The molecule has 0 spiro atoms. The van der Waals surface area contributed by atoms with Crippen LogP contribution in [0, 0.1) is 0 Å². The van der Waals surface area contributed by atoms with Gasteiger partial charge >= 0.3 is 0 Å². The molecule has 32 heavy (non-hydrogen) atoms. The van der Waals surface area contributed by atoms with Crippen LogP contribution >= 0.6 is 0 Å². The summed E-state index contributed by atoms with van der Waals surface area (Å²) in [6, 6.07) is 0.571. The van der Waals surface area contributed by atoms with Gasteiger partial charge in [-0.15, -0.1) is 0 Å². The molecule has 0 atom stereocenters. The number of hydrogen-bond acceptors (Lipinski definition) is 0. The third-order valence-electron chi connectivity index (χ3n) is 7.10. The molecular formula is C30H59N2+. The standard InChI is InChI=1S/C30H59N2/c1-5-7-9-11-13-15-17-19-21-23-25-30-31(27-28-32(30)29(3)4)26-24-22-20-18-16-14-12-10-8-6-2/h27-29H,5-26H2,1-4H3/q+1. The average Bonchev–Trinajstić information content (AvgIpc) is 3.19. The minimum atomic E-state index is 0.571. The maximum atomic E-state index is 2.57. The van der Waals surface area contributed by atoms with Crippen molar-refractivity contribution in [3.63, 3.8) is 0 Å². The van der Waals surface area contributed by atoms with E-state index in [9.17, 15) is 0 Å². The van der Waals surface area contributed by atoms with Crippen molar-refractivity contribution in [3.05, 3.63) is 18.2 Å². The van der Waals surface area contributed by atoms with Crippen LogP contribution in [0.1, 0.15) is 168 Å². The van der Waals surface area contributed by atoms with E-state index in [0.717, 1.165) is 0 Å². The topological polar surface area (TPSA) is 8.81 Å². The Hall–Kier alpha value is -0.790. The molecule has 0 aliphatic carbocycles. The van der Waals surface area contributed by atoms with Gasteiger partial charge in [0.05, 0.1) is 12.6 Å². The Morgan fingerprint density at radius 1 is 0.594 bits per heavy atom. The van der Waals surface area contributed by atoms with Crippen LogP contribution in [0.15, 0.2) is 12.4 Å². The summed E-state index contributed by atoms with van der Waals surface area (Å²) >= 11 is 0. The molecule has 0 unspecified atom stereocenters. The fourth-order valence-corrected chi connectivity index (χ4v) is 4.96. The lowest BCUT2D eigenvalue weighted by Crippen LogP contribution is -2.37. The van der Waals surface area contributed by atoms with E-state index < -0.39 is 0 Å². The molecule has 2 nitrogen and oxygen atoms in total. The molecule has 0 radical (unpaired) electrons. The Bertz CT molecular complexity index is 517. The number of aryl methyl sites for hydroxylation is 1. The fourth-order valence-electron chi connectivity index (χ4n) is 4.96. The van der Waals surface area contributed by atoms with Gasteiger partial charge in [0, 0.05) is 6.42 Å². The van der Waals surface area contributed by atoms with Gasteiger partial charge in [-0.05, 0) is 33.1 Å². The summed E-state index contributed by atoms with van der Waals surface area (Å²) in [4.78, 5) is 0. The molecule has 0 aliphatic rings. The van der Waals surface area contributed by atoms with E-state index in [1.54, 1.807) is 5.82 Å². The van der Waals surface area contributed by atoms with Crippen LogP contribution in [0.5, 0.6) is 0 Å². The van der Waals surface area contributed by atoms with Crippen LogP contribution in [-0.4, -0.2) is 4.57 Å². The number of aromatic nitrogens is 2. The molecule has 0 aromatic carbocycles. The molecule has 0 aliphatic heterocycles. The number of imidazole rings is 1. The summed E-state index contributed by atoms with van der Waals surface area (Å²) in [5.74, 6) is 1.57. The molecule has 1 aromatic heterocycles. The lowest BCUT2D eigenvalue weighted by molar-refractivity contribution is -0.704. The largest absolute Gasteiger partial charge is 0.256 e. The summed E-state index contributed by atoms with van der Waals surface area (Å²) in [5, 5.41) is 0. The second-order valence-electron chi connectivity index (χ2n) is 10.5. The molecule has 1 rings (SSSR count). The molecule has 1 heterocycles. The number of rotatable bonds is 23. The summed E-state index contributed by atoms with van der Waals surface area (Å²) in [6.45, 7) is 10.5. The zero-order valence-electron chi connectivity index (χ0n) is 22.7. The Labute approximate surface area is 202 Å². The second-order valence-corrected chi connectivity index (χ2v) is 10.5. The van der Waals surface area contributed by atoms with Gasteiger partial charge in [-0.2, -0.15) is 0 Å². The van der Waals surface area contributed by atoms with Crippen molar-refractivity contribution in [1.82, 2.24) is 4.57 Å². The Morgan fingerprint density at radius 2 is 1.00 bits per heavy atom. The summed E-state index contributed by atoms with van der Waals surface area (Å²) in [5.41, 5.74) is 0. The van der Waals surface area contributed by atoms with E-state index in [1.165, 1.54) is 141 Å². The summed E-state index contributed by atoms with van der Waals surface area (Å²) < 4.78 is 5.09. The number of unbranched alkanes of at least 4 members (excludes halogenated alkanes) is 18. The Morgan fingerprint density at radius 3 is 1.44 bits per heavy atom. The van der Waals surface area contributed by atoms with E-state index in [4.69, 9.17) is 0 Å². The fraction of sp³-hybridized carbons (Fsp3) is 0.900.